The van der Waals surface area contributed by atoms with Gasteiger partial charge in [0.25, 0.3) is 0 Å². The molecule has 0 radical (unpaired) electrons. The lowest BCUT2D eigenvalue weighted by Gasteiger charge is -2.19. The van der Waals surface area contributed by atoms with Gasteiger partial charge in [0.2, 0.25) is 0 Å². The molecule has 2 heterocycles. The fourth-order valence-electron chi connectivity index (χ4n) is 1.96. The predicted molar refractivity (Wildman–Crippen MR) is 80.6 cm³/mol. The van der Waals surface area contributed by atoms with Gasteiger partial charge in [-0.2, -0.15) is 0 Å². The molecule has 112 valence electrons. The number of rotatable bonds is 3. The van der Waals surface area contributed by atoms with Gasteiger partial charge in [-0.15, -0.1) is 0 Å². The van der Waals surface area contributed by atoms with Gasteiger partial charge in [0.05, 0.1) is 16.3 Å². The van der Waals surface area contributed by atoms with E-state index < -0.39 is 9.84 Å². The van der Waals surface area contributed by atoms with Crippen molar-refractivity contribution in [3.63, 3.8) is 0 Å². The molecule has 0 fully saturated rings. The summed E-state index contributed by atoms with van der Waals surface area (Å²) in [6.07, 6.45) is 4.33. The Kier molecular flexibility index (Phi) is 4.09. The number of aromatic nitrogens is 3. The molecule has 0 aliphatic carbocycles. The smallest absolute Gasteiger partial charge is 0.185 e. The molecule has 6 heteroatoms. The average molecular weight is 305 g/mol. The summed E-state index contributed by atoms with van der Waals surface area (Å²) in [6, 6.07) is 3.44. The Morgan fingerprint density at radius 1 is 1.19 bits per heavy atom. The molecule has 0 saturated carbocycles. The second-order valence-electron chi connectivity index (χ2n) is 6.04. The zero-order chi connectivity index (χ0) is 15.7. The largest absolute Gasteiger partial charge is 0.259 e. The Bertz CT molecular complexity index is 735. The molecule has 0 atom stereocenters. The second kappa shape index (κ2) is 5.52. The van der Waals surface area contributed by atoms with Gasteiger partial charge < -0.3 is 0 Å². The van der Waals surface area contributed by atoms with Crippen molar-refractivity contribution in [2.75, 3.05) is 0 Å². The first-order valence-electron chi connectivity index (χ1n) is 6.65. The van der Waals surface area contributed by atoms with E-state index in [1.807, 2.05) is 26.8 Å². The molecule has 2 aromatic rings. The van der Waals surface area contributed by atoms with Crippen molar-refractivity contribution in [2.45, 2.75) is 43.8 Å². The van der Waals surface area contributed by atoms with E-state index in [1.165, 1.54) is 18.7 Å². The third kappa shape index (κ3) is 3.64. The molecule has 2 rings (SSSR count). The van der Waals surface area contributed by atoms with Crippen molar-refractivity contribution < 1.29 is 8.42 Å². The Morgan fingerprint density at radius 3 is 2.43 bits per heavy atom. The fraction of sp³-hybridized carbons (Fsp3) is 0.400. The first kappa shape index (κ1) is 15.6. The minimum atomic E-state index is -3.46. The van der Waals surface area contributed by atoms with E-state index >= 15 is 0 Å². The maximum absolute atomic E-state index is 12.5. The third-order valence-corrected chi connectivity index (χ3v) is 4.92. The minimum absolute atomic E-state index is 0.111. The van der Waals surface area contributed by atoms with Crippen molar-refractivity contribution in [1.29, 1.82) is 0 Å². The van der Waals surface area contributed by atoms with Gasteiger partial charge in [-0.25, -0.2) is 18.4 Å². The highest BCUT2D eigenvalue weighted by atomic mass is 32.2. The molecule has 0 N–H and O–H groups in total. The zero-order valence-corrected chi connectivity index (χ0v) is 13.5. The summed E-state index contributed by atoms with van der Waals surface area (Å²) in [7, 11) is -3.46. The summed E-state index contributed by atoms with van der Waals surface area (Å²) < 4.78 is 25.0. The Labute approximate surface area is 125 Å². The monoisotopic (exact) mass is 305 g/mol. The predicted octanol–water partition coefficient (Wildman–Crippen LogP) is 2.45. The van der Waals surface area contributed by atoms with Gasteiger partial charge >= 0.3 is 0 Å². The van der Waals surface area contributed by atoms with Crippen molar-refractivity contribution in [1.82, 2.24) is 15.0 Å². The van der Waals surface area contributed by atoms with Crippen LogP contribution in [0.3, 0.4) is 0 Å². The summed E-state index contributed by atoms with van der Waals surface area (Å²) in [4.78, 5) is 12.3. The molecule has 0 aliphatic heterocycles. The molecule has 0 spiro atoms. The number of aryl methyl sites for hydroxylation is 1. The number of hydrogen-bond donors (Lipinski definition) is 0. The maximum atomic E-state index is 12.5. The summed E-state index contributed by atoms with van der Waals surface area (Å²) in [6.45, 7) is 7.93. The first-order chi connectivity index (χ1) is 9.70. The second-order valence-corrected chi connectivity index (χ2v) is 8.00. The third-order valence-electron chi connectivity index (χ3n) is 3.15. The molecule has 0 bridgehead atoms. The van der Waals surface area contributed by atoms with Crippen molar-refractivity contribution in [2.24, 2.45) is 0 Å². The van der Waals surface area contributed by atoms with Gasteiger partial charge in [-0.1, -0.05) is 20.8 Å². The van der Waals surface area contributed by atoms with Crippen LogP contribution in [-0.4, -0.2) is 23.4 Å². The molecule has 0 amide bonds. The van der Waals surface area contributed by atoms with E-state index in [9.17, 15) is 8.42 Å². The SMILES string of the molecule is Cc1cc(C(C)(C)C)ncc1S(=O)(=O)Cc1ccncn1. The van der Waals surface area contributed by atoms with E-state index in [0.29, 0.717) is 11.3 Å². The molecule has 0 saturated heterocycles. The molecule has 0 aliphatic rings. The lowest BCUT2D eigenvalue weighted by Crippen LogP contribution is -2.16. The van der Waals surface area contributed by atoms with Crippen LogP contribution in [0.2, 0.25) is 0 Å². The Balaban J connectivity index is 2.37. The fourth-order valence-corrected chi connectivity index (χ4v) is 3.43. The highest BCUT2D eigenvalue weighted by molar-refractivity contribution is 7.90. The van der Waals surface area contributed by atoms with E-state index in [0.717, 1.165) is 5.69 Å². The zero-order valence-electron chi connectivity index (χ0n) is 12.7. The maximum Gasteiger partial charge on any atom is 0.185 e. The van der Waals surface area contributed by atoms with Crippen molar-refractivity contribution in [3.05, 3.63) is 47.8 Å². The van der Waals surface area contributed by atoms with Gasteiger partial charge in [0.1, 0.15) is 6.33 Å². The highest BCUT2D eigenvalue weighted by Crippen LogP contribution is 2.25. The normalized spacial score (nSPS) is 12.4. The van der Waals surface area contributed by atoms with Crippen LogP contribution < -0.4 is 0 Å². The van der Waals surface area contributed by atoms with Crippen LogP contribution in [0.15, 0.2) is 35.7 Å². The van der Waals surface area contributed by atoms with Gasteiger partial charge in [-0.3, -0.25) is 4.98 Å². The lowest BCUT2D eigenvalue weighted by molar-refractivity contribution is 0.564. The Morgan fingerprint density at radius 2 is 1.90 bits per heavy atom. The van der Waals surface area contributed by atoms with E-state index in [2.05, 4.69) is 15.0 Å². The summed E-state index contributed by atoms with van der Waals surface area (Å²) in [5, 5.41) is 0. The lowest BCUT2D eigenvalue weighted by atomic mass is 9.91. The highest BCUT2D eigenvalue weighted by Gasteiger charge is 2.22. The first-order valence-corrected chi connectivity index (χ1v) is 8.30. The molecule has 0 aromatic carbocycles. The molecular weight excluding hydrogens is 286 g/mol. The van der Waals surface area contributed by atoms with E-state index in [4.69, 9.17) is 0 Å². The van der Waals surface area contributed by atoms with Gasteiger partial charge in [0.15, 0.2) is 9.84 Å². The van der Waals surface area contributed by atoms with Crippen LogP contribution in [0.25, 0.3) is 0 Å². The van der Waals surface area contributed by atoms with Gasteiger partial charge in [-0.05, 0) is 24.6 Å². The summed E-state index contributed by atoms with van der Waals surface area (Å²) in [5.74, 6) is -0.146. The topological polar surface area (TPSA) is 72.8 Å². The number of sulfone groups is 1. The van der Waals surface area contributed by atoms with Crippen LogP contribution >= 0.6 is 0 Å². The molecule has 2 aromatic heterocycles. The van der Waals surface area contributed by atoms with Gasteiger partial charge in [0, 0.05) is 23.5 Å². The molecule has 5 nitrogen and oxygen atoms in total. The molecule has 0 unspecified atom stereocenters. The number of hydrogen-bond acceptors (Lipinski definition) is 5. The van der Waals surface area contributed by atoms with Crippen molar-refractivity contribution in [3.8, 4) is 0 Å². The quantitative estimate of drug-likeness (QED) is 0.871. The summed E-state index contributed by atoms with van der Waals surface area (Å²) >= 11 is 0. The van der Waals surface area contributed by atoms with Crippen LogP contribution in [0.5, 0.6) is 0 Å². The van der Waals surface area contributed by atoms with Crippen LogP contribution in [0.1, 0.15) is 37.7 Å². The minimum Gasteiger partial charge on any atom is -0.259 e. The van der Waals surface area contributed by atoms with E-state index in [1.54, 1.807) is 13.0 Å². The van der Waals surface area contributed by atoms with Crippen LogP contribution in [0.4, 0.5) is 0 Å². The van der Waals surface area contributed by atoms with Crippen LogP contribution in [0, 0.1) is 6.92 Å². The summed E-state index contributed by atoms with van der Waals surface area (Å²) in [5.41, 5.74) is 1.95. The molecular formula is C15H19N3O2S. The van der Waals surface area contributed by atoms with Crippen LogP contribution in [-0.2, 0) is 21.0 Å². The Hall–Kier alpha value is -1.82. The average Bonchev–Trinajstić information content (AvgIpc) is 2.37. The van der Waals surface area contributed by atoms with Crippen molar-refractivity contribution >= 4 is 9.84 Å². The van der Waals surface area contributed by atoms with E-state index in [-0.39, 0.29) is 16.1 Å². The molecule has 21 heavy (non-hydrogen) atoms. The standard InChI is InChI=1S/C15H19N3O2S/c1-11-7-14(15(2,3)4)17-8-13(11)21(19,20)9-12-5-6-16-10-18-12/h5-8,10H,9H2,1-4H3. The number of pyridine rings is 1. The number of nitrogens with zero attached hydrogens (tertiary/aromatic N) is 3.